The monoisotopic (exact) mass is 326 g/mol. The van der Waals surface area contributed by atoms with E-state index in [4.69, 9.17) is 0 Å². The molecule has 1 fully saturated rings. The quantitative estimate of drug-likeness (QED) is 0.895. The topological polar surface area (TPSA) is 34.0 Å². The van der Waals surface area contributed by atoms with Crippen molar-refractivity contribution in [2.24, 2.45) is 5.41 Å². The van der Waals surface area contributed by atoms with E-state index in [0.29, 0.717) is 11.5 Å². The summed E-state index contributed by atoms with van der Waals surface area (Å²) < 4.78 is 2.94. The fourth-order valence-electron chi connectivity index (χ4n) is 3.01. The van der Waals surface area contributed by atoms with Gasteiger partial charge >= 0.3 is 0 Å². The second-order valence-electron chi connectivity index (χ2n) is 6.26. The van der Waals surface area contributed by atoms with Gasteiger partial charge in [0, 0.05) is 23.3 Å². The predicted octanol–water partition coefficient (Wildman–Crippen LogP) is 3.97. The van der Waals surface area contributed by atoms with Crippen molar-refractivity contribution in [3.05, 3.63) is 22.4 Å². The van der Waals surface area contributed by atoms with Crippen LogP contribution >= 0.6 is 15.9 Å². The second-order valence-corrected chi connectivity index (χ2v) is 7.18. The number of halogens is 1. The summed E-state index contributed by atoms with van der Waals surface area (Å²) in [6.45, 7) is 7.44. The molecule has 0 bridgehead atoms. The van der Waals surface area contributed by atoms with Crippen LogP contribution in [-0.2, 0) is 6.54 Å². The predicted molar refractivity (Wildman–Crippen MR) is 81.3 cm³/mol. The molecule has 0 radical (unpaired) electrons. The molecule has 1 N–H and O–H groups in total. The van der Waals surface area contributed by atoms with Crippen molar-refractivity contribution in [2.75, 3.05) is 0 Å². The molecule has 1 aromatic heterocycles. The molecule has 1 amide bonds. The maximum absolute atomic E-state index is 12.4. The van der Waals surface area contributed by atoms with Crippen LogP contribution < -0.4 is 5.32 Å². The van der Waals surface area contributed by atoms with Crippen LogP contribution in [-0.4, -0.2) is 16.5 Å². The average Bonchev–Trinajstić information content (AvgIpc) is 2.69. The largest absolute Gasteiger partial charge is 0.348 e. The second kappa shape index (κ2) is 5.70. The van der Waals surface area contributed by atoms with Crippen LogP contribution in [0.2, 0.25) is 0 Å². The minimum atomic E-state index is 0.0512. The number of aryl methyl sites for hydroxylation is 1. The van der Waals surface area contributed by atoms with E-state index in [1.165, 1.54) is 12.8 Å². The van der Waals surface area contributed by atoms with Crippen molar-refractivity contribution in [1.82, 2.24) is 9.88 Å². The molecular weight excluding hydrogens is 304 g/mol. The molecule has 1 heterocycles. The third kappa shape index (κ3) is 3.62. The number of amides is 1. The fourth-order valence-corrected chi connectivity index (χ4v) is 3.47. The van der Waals surface area contributed by atoms with E-state index in [0.717, 1.165) is 29.6 Å². The molecule has 0 aromatic carbocycles. The van der Waals surface area contributed by atoms with Gasteiger partial charge in [-0.25, -0.2) is 0 Å². The molecular formula is C15H23BrN2O. The summed E-state index contributed by atoms with van der Waals surface area (Å²) in [7, 11) is 0. The van der Waals surface area contributed by atoms with Crippen LogP contribution in [0, 0.1) is 5.41 Å². The van der Waals surface area contributed by atoms with Crippen molar-refractivity contribution < 1.29 is 4.79 Å². The molecule has 1 atom stereocenters. The number of hydrogen-bond acceptors (Lipinski definition) is 1. The minimum Gasteiger partial charge on any atom is -0.348 e. The Bertz CT molecular complexity index is 465. The third-order valence-corrected chi connectivity index (χ3v) is 4.41. The molecule has 4 heteroatoms. The van der Waals surface area contributed by atoms with Crippen molar-refractivity contribution in [1.29, 1.82) is 0 Å². The lowest BCUT2D eigenvalue weighted by molar-refractivity contribution is 0.0893. The average molecular weight is 327 g/mol. The normalized spacial score (nSPS) is 22.2. The Labute approximate surface area is 123 Å². The molecule has 1 aromatic rings. The van der Waals surface area contributed by atoms with Gasteiger partial charge in [0.15, 0.2) is 0 Å². The van der Waals surface area contributed by atoms with Crippen molar-refractivity contribution >= 4 is 21.8 Å². The third-order valence-electron chi connectivity index (χ3n) is 3.98. The first-order valence-electron chi connectivity index (χ1n) is 7.08. The fraction of sp³-hybridized carbons (Fsp3) is 0.667. The Morgan fingerprint density at radius 1 is 1.58 bits per heavy atom. The molecule has 106 valence electrons. The van der Waals surface area contributed by atoms with Crippen LogP contribution in [0.4, 0.5) is 0 Å². The molecule has 3 nitrogen and oxygen atoms in total. The summed E-state index contributed by atoms with van der Waals surface area (Å²) >= 11 is 3.43. The molecule has 0 saturated heterocycles. The number of nitrogens with one attached hydrogen (secondary N) is 1. The molecule has 2 rings (SSSR count). The lowest BCUT2D eigenvalue weighted by Gasteiger charge is -2.35. The maximum atomic E-state index is 12.4. The smallest absolute Gasteiger partial charge is 0.268 e. The standard InChI is InChI=1S/C15H23BrN2O/c1-4-18-10-11(16)8-13(18)14(19)17-12-6-5-7-15(2,3)9-12/h8,10,12H,4-7,9H2,1-3H3,(H,17,19). The Morgan fingerprint density at radius 2 is 2.32 bits per heavy atom. The summed E-state index contributed by atoms with van der Waals surface area (Å²) in [5.74, 6) is 0.0512. The number of carbonyl (C=O) groups is 1. The van der Waals surface area contributed by atoms with Gasteiger partial charge < -0.3 is 9.88 Å². The van der Waals surface area contributed by atoms with Gasteiger partial charge in [-0.1, -0.05) is 20.3 Å². The van der Waals surface area contributed by atoms with Gasteiger partial charge in [0.05, 0.1) is 0 Å². The van der Waals surface area contributed by atoms with E-state index in [9.17, 15) is 4.79 Å². The Kier molecular flexibility index (Phi) is 4.39. The van der Waals surface area contributed by atoms with Crippen LogP contribution in [0.25, 0.3) is 0 Å². The number of hydrogen-bond donors (Lipinski definition) is 1. The van der Waals surface area contributed by atoms with Crippen molar-refractivity contribution in [2.45, 2.75) is 59.0 Å². The number of carbonyl (C=O) groups excluding carboxylic acids is 1. The molecule has 1 aliphatic carbocycles. The van der Waals surface area contributed by atoms with Gasteiger partial charge in [0.2, 0.25) is 0 Å². The van der Waals surface area contributed by atoms with E-state index in [1.807, 2.05) is 23.8 Å². The zero-order valence-electron chi connectivity index (χ0n) is 12.0. The summed E-state index contributed by atoms with van der Waals surface area (Å²) in [6, 6.07) is 2.21. The zero-order valence-corrected chi connectivity index (χ0v) is 13.6. The number of nitrogens with zero attached hydrogens (tertiary/aromatic N) is 1. The molecule has 1 aliphatic rings. The molecule has 1 unspecified atom stereocenters. The highest BCUT2D eigenvalue weighted by atomic mass is 79.9. The van der Waals surface area contributed by atoms with Crippen LogP contribution in [0.3, 0.4) is 0 Å². The number of rotatable bonds is 3. The zero-order chi connectivity index (χ0) is 14.0. The van der Waals surface area contributed by atoms with Gasteiger partial charge in [-0.3, -0.25) is 4.79 Å². The summed E-state index contributed by atoms with van der Waals surface area (Å²) in [5, 5.41) is 3.20. The van der Waals surface area contributed by atoms with Gasteiger partial charge in [0.1, 0.15) is 5.69 Å². The first-order chi connectivity index (χ1) is 8.91. The number of aromatic nitrogens is 1. The maximum Gasteiger partial charge on any atom is 0.268 e. The van der Waals surface area contributed by atoms with Gasteiger partial charge in [-0.2, -0.15) is 0 Å². The summed E-state index contributed by atoms with van der Waals surface area (Å²) in [5.41, 5.74) is 1.10. The van der Waals surface area contributed by atoms with E-state index in [2.05, 4.69) is 35.1 Å². The highest BCUT2D eigenvalue weighted by molar-refractivity contribution is 9.10. The summed E-state index contributed by atoms with van der Waals surface area (Å²) in [4.78, 5) is 12.4. The molecule has 0 spiro atoms. The highest BCUT2D eigenvalue weighted by Gasteiger charge is 2.29. The molecule has 19 heavy (non-hydrogen) atoms. The first-order valence-corrected chi connectivity index (χ1v) is 7.87. The van der Waals surface area contributed by atoms with Crippen molar-refractivity contribution in [3.8, 4) is 0 Å². The van der Waals surface area contributed by atoms with E-state index in [-0.39, 0.29) is 5.91 Å². The van der Waals surface area contributed by atoms with Gasteiger partial charge in [-0.05, 0) is 53.6 Å². The van der Waals surface area contributed by atoms with Gasteiger partial charge in [-0.15, -0.1) is 0 Å². The lowest BCUT2D eigenvalue weighted by Crippen LogP contribution is -2.41. The van der Waals surface area contributed by atoms with E-state index in [1.54, 1.807) is 0 Å². The SMILES string of the molecule is CCn1cc(Br)cc1C(=O)NC1CCCC(C)(C)C1. The first kappa shape index (κ1) is 14.6. The van der Waals surface area contributed by atoms with Crippen LogP contribution in [0.5, 0.6) is 0 Å². The van der Waals surface area contributed by atoms with Crippen LogP contribution in [0.1, 0.15) is 56.9 Å². The van der Waals surface area contributed by atoms with Crippen molar-refractivity contribution in [3.63, 3.8) is 0 Å². The molecule has 1 saturated carbocycles. The minimum absolute atomic E-state index is 0.0512. The Morgan fingerprint density at radius 3 is 2.95 bits per heavy atom. The summed E-state index contributed by atoms with van der Waals surface area (Å²) in [6.07, 6.45) is 6.60. The molecule has 0 aliphatic heterocycles. The van der Waals surface area contributed by atoms with Crippen LogP contribution in [0.15, 0.2) is 16.7 Å². The highest BCUT2D eigenvalue weighted by Crippen LogP contribution is 2.35. The van der Waals surface area contributed by atoms with E-state index < -0.39 is 0 Å². The van der Waals surface area contributed by atoms with Gasteiger partial charge in [0.25, 0.3) is 5.91 Å². The Hall–Kier alpha value is -0.770. The Balaban J connectivity index is 2.04. The van der Waals surface area contributed by atoms with E-state index >= 15 is 0 Å². The lowest BCUT2D eigenvalue weighted by atomic mass is 9.75.